The van der Waals surface area contributed by atoms with Gasteiger partial charge in [-0.2, -0.15) is 0 Å². The largest absolute Gasteiger partial charge is 0.462 e. The van der Waals surface area contributed by atoms with Gasteiger partial charge in [-0.3, -0.25) is 9.59 Å². The van der Waals surface area contributed by atoms with E-state index in [0.717, 1.165) is 13.2 Å². The van der Waals surface area contributed by atoms with E-state index in [-0.39, 0.29) is 37.9 Å². The zero-order valence-electron chi connectivity index (χ0n) is 15.5. The summed E-state index contributed by atoms with van der Waals surface area (Å²) in [6.45, 7) is 9.81. The molecule has 142 valence electrons. The molecule has 0 spiro atoms. The number of hydrogen-bond donors (Lipinski definition) is 2. The maximum Gasteiger partial charge on any atom is 0.303 e. The standard InChI is InChI=1S/C7H12O4.C4H10O.C2H6O2.C2H6O/c1-5(11-7(3)9)4-10-6(2)8;1-3-5-4-2;3-1-2-4;1-3-2/h5H,4H2,1-3H3;3-4H2,1-2H3;3-4H,1-2H2;1-2H3. The fourth-order valence-corrected chi connectivity index (χ4v) is 0.756. The van der Waals surface area contributed by atoms with E-state index in [1.807, 2.05) is 13.8 Å². The number of esters is 2. The number of carbonyl (C=O) groups excluding carboxylic acids is 2. The average Bonchev–Trinajstić information content (AvgIpc) is 2.47. The van der Waals surface area contributed by atoms with Gasteiger partial charge in [0, 0.05) is 41.3 Å². The summed E-state index contributed by atoms with van der Waals surface area (Å²) in [5.74, 6) is -0.742. The van der Waals surface area contributed by atoms with Gasteiger partial charge in [0.15, 0.2) is 0 Å². The Labute approximate surface area is 139 Å². The second-order valence-electron chi connectivity index (χ2n) is 3.86. The lowest BCUT2D eigenvalue weighted by Crippen LogP contribution is -2.19. The summed E-state index contributed by atoms with van der Waals surface area (Å²) in [5, 5.41) is 15.2. The Morgan fingerprint density at radius 2 is 1.35 bits per heavy atom. The van der Waals surface area contributed by atoms with Crippen LogP contribution in [0, 0.1) is 0 Å². The topological polar surface area (TPSA) is 112 Å². The molecule has 0 amide bonds. The van der Waals surface area contributed by atoms with Crippen LogP contribution in [0.25, 0.3) is 0 Å². The molecular formula is C15H34O8. The van der Waals surface area contributed by atoms with E-state index in [1.54, 1.807) is 21.1 Å². The zero-order chi connectivity index (χ0) is 19.1. The lowest BCUT2D eigenvalue weighted by atomic mass is 10.4. The number of methoxy groups -OCH3 is 1. The van der Waals surface area contributed by atoms with Crippen LogP contribution in [0.5, 0.6) is 0 Å². The molecule has 1 unspecified atom stereocenters. The van der Waals surface area contributed by atoms with Crippen molar-refractivity contribution in [3.8, 4) is 0 Å². The number of ether oxygens (including phenoxy) is 4. The first-order valence-corrected chi connectivity index (χ1v) is 7.27. The molecule has 23 heavy (non-hydrogen) atoms. The Morgan fingerprint density at radius 3 is 1.52 bits per heavy atom. The minimum Gasteiger partial charge on any atom is -0.462 e. The fourth-order valence-electron chi connectivity index (χ4n) is 0.756. The molecule has 0 aliphatic carbocycles. The Kier molecular flexibility index (Phi) is 37.3. The number of rotatable bonds is 6. The molecule has 1 atom stereocenters. The molecule has 0 saturated carbocycles. The van der Waals surface area contributed by atoms with Crippen molar-refractivity contribution in [2.75, 3.05) is 47.3 Å². The van der Waals surface area contributed by atoms with Crippen LogP contribution >= 0.6 is 0 Å². The molecule has 0 saturated heterocycles. The third kappa shape index (κ3) is 63.1. The summed E-state index contributed by atoms with van der Waals surface area (Å²) in [4.78, 5) is 20.6. The molecule has 2 N–H and O–H groups in total. The summed E-state index contributed by atoms with van der Waals surface area (Å²) < 4.78 is 18.4. The van der Waals surface area contributed by atoms with Gasteiger partial charge in [-0.25, -0.2) is 0 Å². The minimum absolute atomic E-state index is 0.120. The van der Waals surface area contributed by atoms with Gasteiger partial charge in [0.2, 0.25) is 0 Å². The molecule has 0 rings (SSSR count). The second kappa shape index (κ2) is 28.9. The highest BCUT2D eigenvalue weighted by molar-refractivity contribution is 5.67. The van der Waals surface area contributed by atoms with Crippen LogP contribution in [-0.2, 0) is 28.5 Å². The highest BCUT2D eigenvalue weighted by Gasteiger charge is 2.06. The Hall–Kier alpha value is -1.22. The Balaban J connectivity index is -0.000000125. The van der Waals surface area contributed by atoms with Crippen LogP contribution in [0.1, 0.15) is 34.6 Å². The third-order valence-corrected chi connectivity index (χ3v) is 1.40. The quantitative estimate of drug-likeness (QED) is 0.681. The van der Waals surface area contributed by atoms with E-state index in [4.69, 9.17) is 14.9 Å². The predicted molar refractivity (Wildman–Crippen MR) is 87.1 cm³/mol. The van der Waals surface area contributed by atoms with Crippen molar-refractivity contribution < 1.29 is 38.7 Å². The Morgan fingerprint density at radius 1 is 0.957 bits per heavy atom. The smallest absolute Gasteiger partial charge is 0.303 e. The number of aliphatic hydroxyl groups is 2. The first kappa shape index (κ1) is 29.7. The lowest BCUT2D eigenvalue weighted by Gasteiger charge is -2.10. The molecule has 0 aliphatic rings. The van der Waals surface area contributed by atoms with Crippen LogP contribution in [0.15, 0.2) is 0 Å². The van der Waals surface area contributed by atoms with E-state index in [0.29, 0.717) is 0 Å². The molecule has 0 aromatic heterocycles. The van der Waals surface area contributed by atoms with Crippen molar-refractivity contribution in [3.63, 3.8) is 0 Å². The molecule has 0 fully saturated rings. The van der Waals surface area contributed by atoms with E-state index < -0.39 is 0 Å². The van der Waals surface area contributed by atoms with Gasteiger partial charge in [0.25, 0.3) is 0 Å². The van der Waals surface area contributed by atoms with Crippen LogP contribution in [-0.4, -0.2) is 75.5 Å². The fraction of sp³-hybridized carbons (Fsp3) is 0.867. The normalized spacial score (nSPS) is 9.61. The van der Waals surface area contributed by atoms with Crippen LogP contribution in [0.2, 0.25) is 0 Å². The highest BCUT2D eigenvalue weighted by Crippen LogP contribution is 1.92. The van der Waals surface area contributed by atoms with Crippen molar-refractivity contribution in [2.45, 2.75) is 40.7 Å². The van der Waals surface area contributed by atoms with Crippen molar-refractivity contribution in [2.24, 2.45) is 0 Å². The van der Waals surface area contributed by atoms with E-state index >= 15 is 0 Å². The van der Waals surface area contributed by atoms with Crippen LogP contribution in [0.4, 0.5) is 0 Å². The minimum atomic E-state index is -0.371. The van der Waals surface area contributed by atoms with Gasteiger partial charge >= 0.3 is 11.9 Å². The summed E-state index contributed by atoms with van der Waals surface area (Å²) in [6, 6.07) is 0. The molecule has 0 aromatic carbocycles. The first-order valence-electron chi connectivity index (χ1n) is 7.27. The van der Waals surface area contributed by atoms with E-state index in [2.05, 4.69) is 14.2 Å². The van der Waals surface area contributed by atoms with Crippen molar-refractivity contribution >= 4 is 11.9 Å². The molecule has 8 heteroatoms. The van der Waals surface area contributed by atoms with Gasteiger partial charge < -0.3 is 29.2 Å². The number of carbonyl (C=O) groups is 2. The van der Waals surface area contributed by atoms with Gasteiger partial charge in [-0.05, 0) is 20.8 Å². The van der Waals surface area contributed by atoms with Gasteiger partial charge in [-0.15, -0.1) is 0 Å². The van der Waals surface area contributed by atoms with Crippen LogP contribution < -0.4 is 0 Å². The predicted octanol–water partition coefficient (Wildman–Crippen LogP) is 0.778. The molecular weight excluding hydrogens is 308 g/mol. The summed E-state index contributed by atoms with van der Waals surface area (Å²) in [5.41, 5.74) is 0. The zero-order valence-corrected chi connectivity index (χ0v) is 15.5. The van der Waals surface area contributed by atoms with Gasteiger partial charge in [-0.1, -0.05) is 0 Å². The van der Waals surface area contributed by atoms with Gasteiger partial charge in [0.1, 0.15) is 12.7 Å². The SMILES string of the molecule is CC(=O)OCC(C)OC(C)=O.CCOCC.COC.OCCO. The number of hydrogen-bond acceptors (Lipinski definition) is 8. The molecule has 8 nitrogen and oxygen atoms in total. The monoisotopic (exact) mass is 342 g/mol. The van der Waals surface area contributed by atoms with E-state index in [1.165, 1.54) is 13.8 Å². The molecule has 0 heterocycles. The van der Waals surface area contributed by atoms with Crippen molar-refractivity contribution in [1.29, 1.82) is 0 Å². The molecule has 0 aliphatic heterocycles. The lowest BCUT2D eigenvalue weighted by molar-refractivity contribution is -0.155. The summed E-state index contributed by atoms with van der Waals surface area (Å²) >= 11 is 0. The third-order valence-electron chi connectivity index (χ3n) is 1.40. The molecule has 0 radical (unpaired) electrons. The first-order chi connectivity index (χ1) is 10.8. The van der Waals surface area contributed by atoms with Crippen molar-refractivity contribution in [3.05, 3.63) is 0 Å². The molecule has 0 bridgehead atoms. The molecule has 0 aromatic rings. The van der Waals surface area contributed by atoms with Crippen molar-refractivity contribution in [1.82, 2.24) is 0 Å². The van der Waals surface area contributed by atoms with E-state index in [9.17, 15) is 9.59 Å². The number of aliphatic hydroxyl groups excluding tert-OH is 2. The maximum absolute atomic E-state index is 10.3. The maximum atomic E-state index is 10.3. The summed E-state index contributed by atoms with van der Waals surface area (Å²) in [7, 11) is 3.25. The second-order valence-corrected chi connectivity index (χ2v) is 3.86. The average molecular weight is 342 g/mol. The highest BCUT2D eigenvalue weighted by atomic mass is 16.6. The van der Waals surface area contributed by atoms with Crippen LogP contribution in [0.3, 0.4) is 0 Å². The Bertz CT molecular complexity index is 230. The van der Waals surface area contributed by atoms with Gasteiger partial charge in [0.05, 0.1) is 13.2 Å². The summed E-state index contributed by atoms with van der Waals surface area (Å²) in [6.07, 6.45) is -0.364.